The van der Waals surface area contributed by atoms with Gasteiger partial charge >= 0.3 is 0 Å². The summed E-state index contributed by atoms with van der Waals surface area (Å²) in [5.41, 5.74) is 2.14. The van der Waals surface area contributed by atoms with Gasteiger partial charge < -0.3 is 0 Å². The number of rotatable bonds is 6. The zero-order valence-electron chi connectivity index (χ0n) is 13.5. The van der Waals surface area contributed by atoms with Crippen molar-refractivity contribution in [2.24, 2.45) is 5.92 Å². The fraction of sp³-hybridized carbons (Fsp3) is 0.375. The fourth-order valence-corrected chi connectivity index (χ4v) is 3.15. The van der Waals surface area contributed by atoms with Gasteiger partial charge in [0.2, 0.25) is 5.91 Å². The van der Waals surface area contributed by atoms with Crippen molar-refractivity contribution in [2.75, 3.05) is 0 Å². The van der Waals surface area contributed by atoms with Crippen molar-refractivity contribution in [3.63, 3.8) is 0 Å². The van der Waals surface area contributed by atoms with E-state index in [1.54, 1.807) is 6.92 Å². The van der Waals surface area contributed by atoms with Gasteiger partial charge in [-0.3, -0.25) is 9.48 Å². The third-order valence-corrected chi connectivity index (χ3v) is 4.89. The van der Waals surface area contributed by atoms with Crippen molar-refractivity contribution >= 4 is 15.9 Å². The van der Waals surface area contributed by atoms with Crippen LogP contribution in [0.25, 0.3) is 0 Å². The van der Waals surface area contributed by atoms with E-state index in [0.29, 0.717) is 13.0 Å². The van der Waals surface area contributed by atoms with E-state index in [2.05, 4.69) is 9.82 Å². The first-order valence-corrected chi connectivity index (χ1v) is 8.95. The molecular weight excluding hydrogens is 314 g/mol. The number of benzene rings is 1. The topological polar surface area (TPSA) is 81.1 Å². The highest BCUT2D eigenvalue weighted by Gasteiger charge is 2.23. The molecule has 0 saturated heterocycles. The van der Waals surface area contributed by atoms with Crippen LogP contribution in [0.4, 0.5) is 0 Å². The van der Waals surface area contributed by atoms with Crippen molar-refractivity contribution in [1.29, 1.82) is 0 Å². The number of carbonyl (C=O) groups is 1. The molecule has 7 heteroatoms. The molecule has 2 rings (SSSR count). The summed E-state index contributed by atoms with van der Waals surface area (Å²) >= 11 is 0. The first-order chi connectivity index (χ1) is 10.8. The molecule has 23 heavy (non-hydrogen) atoms. The number of amides is 1. The van der Waals surface area contributed by atoms with Crippen LogP contribution >= 0.6 is 0 Å². The molecule has 0 fully saturated rings. The molecular formula is C16H21N3O3S. The molecule has 1 N–H and O–H groups in total. The molecule has 124 valence electrons. The number of nitrogens with zero attached hydrogens (tertiary/aromatic N) is 2. The van der Waals surface area contributed by atoms with Crippen LogP contribution in [0.3, 0.4) is 0 Å². The van der Waals surface area contributed by atoms with E-state index < -0.39 is 21.8 Å². The lowest BCUT2D eigenvalue weighted by Gasteiger charge is -2.12. The average Bonchev–Trinajstić information content (AvgIpc) is 2.99. The van der Waals surface area contributed by atoms with Gasteiger partial charge in [0.1, 0.15) is 4.90 Å². The van der Waals surface area contributed by atoms with Crippen LogP contribution in [0.2, 0.25) is 0 Å². The van der Waals surface area contributed by atoms with Crippen molar-refractivity contribution in [2.45, 2.75) is 38.6 Å². The van der Waals surface area contributed by atoms with Gasteiger partial charge in [0.05, 0.1) is 6.20 Å². The largest absolute Gasteiger partial charge is 0.274 e. The highest BCUT2D eigenvalue weighted by Crippen LogP contribution is 2.12. The van der Waals surface area contributed by atoms with E-state index in [1.165, 1.54) is 17.1 Å². The predicted molar refractivity (Wildman–Crippen MR) is 87.3 cm³/mol. The van der Waals surface area contributed by atoms with Crippen molar-refractivity contribution in [1.82, 2.24) is 14.5 Å². The van der Waals surface area contributed by atoms with Crippen LogP contribution in [0.1, 0.15) is 25.0 Å². The van der Waals surface area contributed by atoms with Crippen LogP contribution in [0, 0.1) is 12.8 Å². The molecule has 0 saturated carbocycles. The Balaban J connectivity index is 2.03. The number of nitrogens with one attached hydrogen (secondary N) is 1. The van der Waals surface area contributed by atoms with Crippen molar-refractivity contribution in [3.8, 4) is 0 Å². The zero-order valence-corrected chi connectivity index (χ0v) is 14.3. The number of carbonyl (C=O) groups excluding carboxylic acids is 1. The third-order valence-electron chi connectivity index (χ3n) is 3.59. The van der Waals surface area contributed by atoms with Crippen LogP contribution < -0.4 is 4.72 Å². The first-order valence-electron chi connectivity index (χ1n) is 7.46. The lowest BCUT2D eigenvalue weighted by Crippen LogP contribution is -2.35. The van der Waals surface area contributed by atoms with Crippen molar-refractivity contribution < 1.29 is 13.2 Å². The van der Waals surface area contributed by atoms with Gasteiger partial charge in [-0.2, -0.15) is 5.10 Å². The molecule has 0 aliphatic rings. The molecule has 2 aromatic rings. The summed E-state index contributed by atoms with van der Waals surface area (Å²) in [5, 5.41) is 3.92. The Labute approximate surface area is 136 Å². The molecule has 1 unspecified atom stereocenters. The second-order valence-corrected chi connectivity index (χ2v) is 7.27. The molecule has 0 spiro atoms. The Morgan fingerprint density at radius 1 is 1.30 bits per heavy atom. The predicted octanol–water partition coefficient (Wildman–Crippen LogP) is 1.90. The smallest absolute Gasteiger partial charge is 0.267 e. The number of hydrogen-bond donors (Lipinski definition) is 1. The highest BCUT2D eigenvalue weighted by atomic mass is 32.2. The van der Waals surface area contributed by atoms with Gasteiger partial charge in [-0.15, -0.1) is 0 Å². The molecule has 1 aromatic carbocycles. The summed E-state index contributed by atoms with van der Waals surface area (Å²) in [6.07, 6.45) is 3.12. The Bertz CT molecular complexity index is 779. The SMILES string of the molecule is CCn1cc(S(=O)(=O)NC(=O)C(C)Cc2ccc(C)cc2)cn1. The van der Waals surface area contributed by atoms with Gasteiger partial charge in [-0.1, -0.05) is 36.8 Å². The van der Waals surface area contributed by atoms with Crippen LogP contribution in [0.15, 0.2) is 41.6 Å². The summed E-state index contributed by atoms with van der Waals surface area (Å²) in [7, 11) is -3.88. The molecule has 6 nitrogen and oxygen atoms in total. The lowest BCUT2D eigenvalue weighted by molar-refractivity contribution is -0.122. The van der Waals surface area contributed by atoms with Gasteiger partial charge in [-0.25, -0.2) is 13.1 Å². The maximum atomic E-state index is 12.2. The van der Waals surface area contributed by atoms with E-state index in [0.717, 1.165) is 11.1 Å². The monoisotopic (exact) mass is 335 g/mol. The summed E-state index contributed by atoms with van der Waals surface area (Å²) in [5.74, 6) is -0.969. The molecule has 0 bridgehead atoms. The molecule has 1 heterocycles. The Morgan fingerprint density at radius 2 is 1.96 bits per heavy atom. The first kappa shape index (κ1) is 17.2. The van der Waals surface area contributed by atoms with Gasteiger partial charge in [0.15, 0.2) is 0 Å². The molecule has 0 radical (unpaired) electrons. The fourth-order valence-electron chi connectivity index (χ4n) is 2.12. The second kappa shape index (κ2) is 6.95. The number of aryl methyl sites for hydroxylation is 2. The summed E-state index contributed by atoms with van der Waals surface area (Å²) in [6.45, 7) is 6.11. The third kappa shape index (κ3) is 4.41. The van der Waals surface area contributed by atoms with E-state index in [4.69, 9.17) is 0 Å². The average molecular weight is 335 g/mol. The highest BCUT2D eigenvalue weighted by molar-refractivity contribution is 7.90. The molecule has 0 aliphatic heterocycles. The summed E-state index contributed by atoms with van der Waals surface area (Å²) in [6, 6.07) is 7.82. The van der Waals surface area contributed by atoms with E-state index in [9.17, 15) is 13.2 Å². The number of aromatic nitrogens is 2. The van der Waals surface area contributed by atoms with E-state index in [-0.39, 0.29) is 4.90 Å². The Morgan fingerprint density at radius 3 is 2.52 bits per heavy atom. The standard InChI is InChI=1S/C16H21N3O3S/c1-4-19-11-15(10-17-19)23(21,22)18-16(20)13(3)9-14-7-5-12(2)6-8-14/h5-8,10-11,13H,4,9H2,1-3H3,(H,18,20). The molecule has 0 aliphatic carbocycles. The van der Waals surface area contributed by atoms with Gasteiger partial charge in [-0.05, 0) is 25.8 Å². The lowest BCUT2D eigenvalue weighted by atomic mass is 10.00. The second-order valence-electron chi connectivity index (χ2n) is 5.59. The summed E-state index contributed by atoms with van der Waals surface area (Å²) < 4.78 is 28.0. The Hall–Kier alpha value is -2.15. The maximum absolute atomic E-state index is 12.2. The normalized spacial score (nSPS) is 12.8. The van der Waals surface area contributed by atoms with Crippen molar-refractivity contribution in [3.05, 3.63) is 47.8 Å². The van der Waals surface area contributed by atoms with Crippen LogP contribution in [-0.4, -0.2) is 24.1 Å². The minimum atomic E-state index is -3.88. The molecule has 1 atom stereocenters. The maximum Gasteiger partial charge on any atom is 0.267 e. The van der Waals surface area contributed by atoms with Crippen LogP contribution in [0.5, 0.6) is 0 Å². The molecule has 1 amide bonds. The molecule has 1 aromatic heterocycles. The minimum absolute atomic E-state index is 0.00441. The summed E-state index contributed by atoms with van der Waals surface area (Å²) in [4.78, 5) is 12.2. The zero-order chi connectivity index (χ0) is 17.0. The van der Waals surface area contributed by atoms with Gasteiger partial charge in [0.25, 0.3) is 10.0 Å². The number of hydrogen-bond acceptors (Lipinski definition) is 4. The quantitative estimate of drug-likeness (QED) is 0.874. The van der Waals surface area contributed by atoms with Crippen LogP contribution in [-0.2, 0) is 27.8 Å². The van der Waals surface area contributed by atoms with Gasteiger partial charge in [0, 0.05) is 18.7 Å². The van der Waals surface area contributed by atoms with E-state index in [1.807, 2.05) is 38.1 Å². The van der Waals surface area contributed by atoms with E-state index >= 15 is 0 Å². The Kier molecular flexibility index (Phi) is 5.20. The number of sulfonamides is 1. The minimum Gasteiger partial charge on any atom is -0.274 e.